The molecule has 2 aromatic heterocycles. The molecule has 0 saturated carbocycles. The van der Waals surface area contributed by atoms with Gasteiger partial charge < -0.3 is 5.32 Å². The van der Waals surface area contributed by atoms with E-state index in [1.54, 1.807) is 37.4 Å². The van der Waals surface area contributed by atoms with Gasteiger partial charge >= 0.3 is 5.69 Å². The second kappa shape index (κ2) is 8.39. The van der Waals surface area contributed by atoms with Crippen molar-refractivity contribution in [3.8, 4) is 0 Å². The molecule has 0 aliphatic heterocycles. The smallest absolute Gasteiger partial charge is 0.343 e. The SMILES string of the molecule is CCCS(=O)(=O)n1c(=O)n(CC(=O)NCCc2ccccn2)c2ccccc21. The van der Waals surface area contributed by atoms with Crippen LogP contribution in [0.1, 0.15) is 19.0 Å². The van der Waals surface area contributed by atoms with Gasteiger partial charge in [-0.15, -0.1) is 0 Å². The van der Waals surface area contributed by atoms with Gasteiger partial charge in [0.15, 0.2) is 0 Å². The maximum absolute atomic E-state index is 12.8. The average molecular weight is 402 g/mol. The predicted octanol–water partition coefficient (Wildman–Crippen LogP) is 1.14. The standard InChI is InChI=1S/C19H22N4O4S/c1-2-13-28(26,27)23-17-9-4-3-8-16(17)22(19(23)25)14-18(24)21-12-10-15-7-5-6-11-20-15/h3-9,11H,2,10,12-14H2,1H3,(H,21,24). The molecule has 0 aliphatic rings. The van der Waals surface area contributed by atoms with E-state index in [1.165, 1.54) is 4.57 Å². The van der Waals surface area contributed by atoms with Crippen molar-refractivity contribution in [1.29, 1.82) is 0 Å². The highest BCUT2D eigenvalue weighted by Crippen LogP contribution is 2.15. The second-order valence-corrected chi connectivity index (χ2v) is 8.30. The monoisotopic (exact) mass is 402 g/mol. The van der Waals surface area contributed by atoms with E-state index in [9.17, 15) is 18.0 Å². The molecule has 3 rings (SSSR count). The van der Waals surface area contributed by atoms with Crippen LogP contribution in [0.5, 0.6) is 0 Å². The average Bonchev–Trinajstić information content (AvgIpc) is 2.95. The Morgan fingerprint density at radius 3 is 2.50 bits per heavy atom. The van der Waals surface area contributed by atoms with Gasteiger partial charge in [0.1, 0.15) is 6.54 Å². The van der Waals surface area contributed by atoms with Crippen molar-refractivity contribution >= 4 is 27.0 Å². The highest BCUT2D eigenvalue weighted by atomic mass is 32.2. The molecule has 8 nitrogen and oxygen atoms in total. The van der Waals surface area contributed by atoms with Crippen LogP contribution in [0.25, 0.3) is 11.0 Å². The number of hydrogen-bond donors (Lipinski definition) is 1. The Balaban J connectivity index is 1.82. The largest absolute Gasteiger partial charge is 0.354 e. The molecular formula is C19H22N4O4S. The Labute approximate surface area is 162 Å². The van der Waals surface area contributed by atoms with Crippen LogP contribution in [0.15, 0.2) is 53.5 Å². The van der Waals surface area contributed by atoms with Crippen LogP contribution in [-0.4, -0.2) is 40.1 Å². The third-order valence-electron chi connectivity index (χ3n) is 4.27. The Morgan fingerprint density at radius 2 is 1.82 bits per heavy atom. The van der Waals surface area contributed by atoms with E-state index in [4.69, 9.17) is 0 Å². The van der Waals surface area contributed by atoms with Gasteiger partial charge in [-0.05, 0) is 30.7 Å². The number of imidazole rings is 1. The first kappa shape index (κ1) is 19.8. The minimum Gasteiger partial charge on any atom is -0.354 e. The Hall–Kier alpha value is -2.94. The predicted molar refractivity (Wildman–Crippen MR) is 107 cm³/mol. The van der Waals surface area contributed by atoms with E-state index in [1.807, 2.05) is 18.2 Å². The molecule has 9 heteroatoms. The fourth-order valence-corrected chi connectivity index (χ4v) is 4.52. The number of pyridine rings is 1. The third-order valence-corrected chi connectivity index (χ3v) is 6.10. The van der Waals surface area contributed by atoms with Crippen molar-refractivity contribution < 1.29 is 13.2 Å². The molecule has 0 radical (unpaired) electrons. The Kier molecular flexibility index (Phi) is 5.93. The third kappa shape index (κ3) is 4.14. The lowest BCUT2D eigenvalue weighted by Gasteiger charge is -2.06. The molecule has 0 spiro atoms. The topological polar surface area (TPSA) is 103 Å². The fourth-order valence-electron chi connectivity index (χ4n) is 3.03. The van der Waals surface area contributed by atoms with Crippen LogP contribution in [-0.2, 0) is 27.8 Å². The molecule has 1 amide bonds. The van der Waals surface area contributed by atoms with Gasteiger partial charge in [0.25, 0.3) is 0 Å². The molecule has 0 bridgehead atoms. The molecule has 3 aromatic rings. The zero-order chi connectivity index (χ0) is 20.1. The van der Waals surface area contributed by atoms with Gasteiger partial charge in [0, 0.05) is 24.9 Å². The number of fused-ring (bicyclic) bond motifs is 1. The van der Waals surface area contributed by atoms with E-state index in [0.29, 0.717) is 24.9 Å². The maximum atomic E-state index is 12.8. The van der Waals surface area contributed by atoms with Gasteiger partial charge in [-0.1, -0.05) is 25.1 Å². The summed E-state index contributed by atoms with van der Waals surface area (Å²) in [5, 5.41) is 2.75. The van der Waals surface area contributed by atoms with Crippen molar-refractivity contribution in [3.05, 3.63) is 64.8 Å². The number of hydrogen-bond acceptors (Lipinski definition) is 5. The lowest BCUT2D eigenvalue weighted by atomic mass is 10.3. The molecule has 0 fully saturated rings. The summed E-state index contributed by atoms with van der Waals surface area (Å²) in [5.41, 5.74) is 0.811. The van der Waals surface area contributed by atoms with E-state index < -0.39 is 15.7 Å². The van der Waals surface area contributed by atoms with E-state index in [2.05, 4.69) is 10.3 Å². The zero-order valence-corrected chi connectivity index (χ0v) is 16.4. The number of benzene rings is 1. The number of rotatable bonds is 8. The Bertz CT molecular complexity index is 1130. The lowest BCUT2D eigenvalue weighted by molar-refractivity contribution is -0.121. The molecule has 0 saturated heterocycles. The van der Waals surface area contributed by atoms with Crippen LogP contribution in [0.2, 0.25) is 0 Å². The second-order valence-electron chi connectivity index (χ2n) is 6.36. The Morgan fingerprint density at radius 1 is 1.11 bits per heavy atom. The molecule has 0 aliphatic carbocycles. The van der Waals surface area contributed by atoms with E-state index in [-0.39, 0.29) is 23.7 Å². The van der Waals surface area contributed by atoms with Gasteiger partial charge in [-0.2, -0.15) is 3.97 Å². The molecule has 0 atom stereocenters. The molecule has 1 N–H and O–H groups in total. The van der Waals surface area contributed by atoms with Crippen LogP contribution in [0.3, 0.4) is 0 Å². The number of para-hydroxylation sites is 2. The summed E-state index contributed by atoms with van der Waals surface area (Å²) in [6, 6.07) is 12.1. The summed E-state index contributed by atoms with van der Waals surface area (Å²) in [7, 11) is -3.79. The van der Waals surface area contributed by atoms with Crippen LogP contribution in [0, 0.1) is 0 Å². The minimum atomic E-state index is -3.79. The summed E-state index contributed by atoms with van der Waals surface area (Å²) >= 11 is 0. The first-order chi connectivity index (χ1) is 13.4. The van der Waals surface area contributed by atoms with Crippen molar-refractivity contribution in [2.75, 3.05) is 12.3 Å². The zero-order valence-electron chi connectivity index (χ0n) is 15.5. The first-order valence-corrected chi connectivity index (χ1v) is 10.6. The maximum Gasteiger partial charge on any atom is 0.343 e. The van der Waals surface area contributed by atoms with Crippen molar-refractivity contribution in [1.82, 2.24) is 18.8 Å². The van der Waals surface area contributed by atoms with Gasteiger partial charge in [-0.25, -0.2) is 13.2 Å². The van der Waals surface area contributed by atoms with Gasteiger partial charge in [0.2, 0.25) is 15.9 Å². The summed E-state index contributed by atoms with van der Waals surface area (Å²) < 4.78 is 27.1. The summed E-state index contributed by atoms with van der Waals surface area (Å²) in [5.74, 6) is -0.509. The number of aromatic nitrogens is 3. The molecule has 1 aromatic carbocycles. The van der Waals surface area contributed by atoms with Gasteiger partial charge in [-0.3, -0.25) is 14.3 Å². The quantitative estimate of drug-likeness (QED) is 0.609. The van der Waals surface area contributed by atoms with E-state index in [0.717, 1.165) is 9.67 Å². The van der Waals surface area contributed by atoms with Gasteiger partial charge in [0.05, 0.1) is 16.8 Å². The molecule has 0 unspecified atom stereocenters. The number of nitrogens with zero attached hydrogens (tertiary/aromatic N) is 3. The fraction of sp³-hybridized carbons (Fsp3) is 0.316. The highest BCUT2D eigenvalue weighted by molar-refractivity contribution is 7.90. The number of amides is 1. The summed E-state index contributed by atoms with van der Waals surface area (Å²) in [4.78, 5) is 29.3. The van der Waals surface area contributed by atoms with E-state index >= 15 is 0 Å². The van der Waals surface area contributed by atoms with Crippen molar-refractivity contribution in [3.63, 3.8) is 0 Å². The lowest BCUT2D eigenvalue weighted by Crippen LogP contribution is -2.36. The normalized spacial score (nSPS) is 11.6. The molecule has 148 valence electrons. The first-order valence-electron chi connectivity index (χ1n) is 9.04. The number of carbonyl (C=O) groups excluding carboxylic acids is 1. The molecular weight excluding hydrogens is 380 g/mol. The highest BCUT2D eigenvalue weighted by Gasteiger charge is 2.23. The summed E-state index contributed by atoms with van der Waals surface area (Å²) in [6.45, 7) is 1.85. The van der Waals surface area contributed by atoms with Crippen LogP contribution < -0.4 is 11.0 Å². The molecule has 28 heavy (non-hydrogen) atoms. The molecule has 2 heterocycles. The number of nitrogens with one attached hydrogen (secondary N) is 1. The van der Waals surface area contributed by atoms with Crippen molar-refractivity contribution in [2.24, 2.45) is 0 Å². The van der Waals surface area contributed by atoms with Crippen molar-refractivity contribution in [2.45, 2.75) is 26.3 Å². The minimum absolute atomic E-state index is 0.142. The van der Waals surface area contributed by atoms with Crippen LogP contribution >= 0.6 is 0 Å². The summed E-state index contributed by atoms with van der Waals surface area (Å²) in [6.07, 6.45) is 2.64. The number of carbonyl (C=O) groups is 1. The van der Waals surface area contributed by atoms with Crippen LogP contribution in [0.4, 0.5) is 0 Å².